The molecule has 0 fully saturated rings. The van der Waals surface area contributed by atoms with Crippen LogP contribution in [0.4, 0.5) is 5.69 Å². The monoisotopic (exact) mass is 395 g/mol. The van der Waals surface area contributed by atoms with E-state index in [-0.39, 0.29) is 0 Å². The van der Waals surface area contributed by atoms with Crippen molar-refractivity contribution < 1.29 is 38.9 Å². The average molecular weight is 395 g/mol. The van der Waals surface area contributed by atoms with Crippen molar-refractivity contribution in [2.45, 2.75) is 14.7 Å². The summed E-state index contributed by atoms with van der Waals surface area (Å²) in [5.74, 6) is 0. The summed E-state index contributed by atoms with van der Waals surface area (Å²) in [6.45, 7) is 0. The van der Waals surface area contributed by atoms with Gasteiger partial charge in [0.2, 0.25) is 5.39 Å². The predicted octanol–water partition coefficient (Wildman–Crippen LogP) is 1.06. The van der Waals surface area contributed by atoms with Crippen LogP contribution in [0.15, 0.2) is 39.0 Å². The van der Waals surface area contributed by atoms with Gasteiger partial charge in [-0.25, -0.2) is 0 Å². The third kappa shape index (κ3) is 3.36. The molecule has 0 spiro atoms. The summed E-state index contributed by atoms with van der Waals surface area (Å²) in [5.41, 5.74) is -0.500. The van der Waals surface area contributed by atoms with E-state index in [4.69, 9.17) is 9.95 Å². The van der Waals surface area contributed by atoms with Gasteiger partial charge in [-0.05, 0) is 12.1 Å². The summed E-state index contributed by atoms with van der Waals surface area (Å²) in [7, 11) is -15.1. The van der Waals surface area contributed by atoms with Crippen LogP contribution < -0.4 is 0 Å². The Balaban J connectivity index is 3.26. The maximum atomic E-state index is 11.5. The van der Waals surface area contributed by atoms with Gasteiger partial charge in [0.25, 0.3) is 30.4 Å². The highest BCUT2D eigenvalue weighted by molar-refractivity contribution is 7.87. The second kappa shape index (κ2) is 5.44. The zero-order chi connectivity index (χ0) is 18.5. The summed E-state index contributed by atoms with van der Waals surface area (Å²) in [6.07, 6.45) is 0. The minimum absolute atomic E-state index is 0.377. The lowest BCUT2D eigenvalue weighted by atomic mass is 10.1. The van der Waals surface area contributed by atoms with Crippen LogP contribution in [0.5, 0.6) is 0 Å². The molecule has 2 aromatic rings. The number of fused-ring (bicyclic) bond motifs is 1. The third-order valence-corrected chi connectivity index (χ3v) is 5.54. The average Bonchev–Trinajstić information content (AvgIpc) is 2.41. The molecule has 0 aliphatic heterocycles. The molecule has 0 saturated carbocycles. The first-order chi connectivity index (χ1) is 10.7. The van der Waals surface area contributed by atoms with Gasteiger partial charge in [-0.1, -0.05) is 0 Å². The minimum Gasteiger partial charge on any atom is -0.282 e. The van der Waals surface area contributed by atoms with Crippen LogP contribution in [0.1, 0.15) is 0 Å². The number of diazo groups is 1. The molecule has 0 radical (unpaired) electrons. The fourth-order valence-electron chi connectivity index (χ4n) is 1.99. The van der Waals surface area contributed by atoms with E-state index in [1.165, 1.54) is 0 Å². The highest BCUT2D eigenvalue weighted by atomic mass is 32.2. The van der Waals surface area contributed by atoms with Gasteiger partial charge in [0.05, 0.1) is 11.0 Å². The van der Waals surface area contributed by atoms with Crippen LogP contribution in [-0.4, -0.2) is 38.9 Å². The molecule has 0 heterocycles. The van der Waals surface area contributed by atoms with Gasteiger partial charge in [0.15, 0.2) is 4.98 Å². The molecule has 0 aromatic heterocycles. The van der Waals surface area contributed by atoms with Gasteiger partial charge in [-0.2, -0.15) is 25.3 Å². The lowest BCUT2D eigenvalue weighted by Gasteiger charge is -2.08. The summed E-state index contributed by atoms with van der Waals surface area (Å²) in [5, 5.41) is 7.56. The summed E-state index contributed by atoms with van der Waals surface area (Å²) in [4.78, 5) is -0.449. The van der Waals surface area contributed by atoms with Crippen molar-refractivity contribution in [1.29, 1.82) is 5.39 Å². The molecule has 0 bridgehead atoms. The van der Waals surface area contributed by atoms with Gasteiger partial charge >= 0.3 is 5.69 Å². The van der Waals surface area contributed by atoms with Crippen molar-refractivity contribution in [3.05, 3.63) is 29.2 Å². The summed E-state index contributed by atoms with van der Waals surface area (Å²) in [6, 6.07) is 2.39. The lowest BCUT2D eigenvalue weighted by molar-refractivity contribution is 0.478. The van der Waals surface area contributed by atoms with Gasteiger partial charge in [-0.15, -0.1) is 0 Å². The topological polar surface area (TPSA) is 191 Å². The molecular formula is C10H7N2O9S3+. The van der Waals surface area contributed by atoms with Crippen molar-refractivity contribution in [2.24, 2.45) is 0 Å². The Labute approximate surface area is 135 Å². The van der Waals surface area contributed by atoms with Crippen LogP contribution in [0, 0.1) is 5.39 Å². The first-order valence-corrected chi connectivity index (χ1v) is 9.96. The highest BCUT2D eigenvalue weighted by Gasteiger charge is 2.27. The number of nitrogens with zero attached hydrogens (tertiary/aromatic N) is 2. The molecule has 0 unspecified atom stereocenters. The van der Waals surface area contributed by atoms with Crippen LogP contribution in [0.3, 0.4) is 0 Å². The van der Waals surface area contributed by atoms with E-state index in [0.717, 1.165) is 6.07 Å². The molecule has 2 aromatic carbocycles. The molecule has 0 aliphatic rings. The van der Waals surface area contributed by atoms with Crippen LogP contribution in [-0.2, 0) is 30.4 Å². The standard InChI is InChI=1S/C10H6N2O9S3/c11-12-5-1-7-8(9(2-5)23(16,17)18)3-6(22(13,14)15)4-10(7)24(19,20)21/h1-4H,(H2-,13,14,15,16,17,18,19,20,21)/p+1. The highest BCUT2D eigenvalue weighted by Crippen LogP contribution is 2.35. The first-order valence-electron chi connectivity index (χ1n) is 5.64. The molecule has 14 heteroatoms. The lowest BCUT2D eigenvalue weighted by Crippen LogP contribution is -2.06. The molecule has 128 valence electrons. The third-order valence-electron chi connectivity index (χ3n) is 2.92. The van der Waals surface area contributed by atoms with Gasteiger partial charge < -0.3 is 0 Å². The van der Waals surface area contributed by atoms with E-state index in [1.54, 1.807) is 0 Å². The number of hydrogen-bond acceptors (Lipinski definition) is 7. The van der Waals surface area contributed by atoms with Crippen molar-refractivity contribution in [3.63, 3.8) is 0 Å². The Hall–Kier alpha value is -2.15. The van der Waals surface area contributed by atoms with Gasteiger partial charge in [-0.3, -0.25) is 13.7 Å². The maximum absolute atomic E-state index is 11.5. The Morgan fingerprint density at radius 1 is 0.708 bits per heavy atom. The molecule has 0 atom stereocenters. The molecule has 0 saturated heterocycles. The predicted molar refractivity (Wildman–Crippen MR) is 78.1 cm³/mol. The van der Waals surface area contributed by atoms with Crippen molar-refractivity contribution in [2.75, 3.05) is 0 Å². The SMILES string of the molecule is N#[N+]c1cc(S(=O)(=O)O)c2cc(S(=O)(=O)O)cc(S(=O)(=O)O)c2c1. The molecule has 0 aliphatic carbocycles. The number of hydrogen-bond donors (Lipinski definition) is 3. The van der Waals surface area contributed by atoms with Gasteiger partial charge in [0.1, 0.15) is 9.79 Å². The maximum Gasteiger partial charge on any atom is 0.387 e. The van der Waals surface area contributed by atoms with Crippen LogP contribution >= 0.6 is 0 Å². The molecular weight excluding hydrogens is 388 g/mol. The van der Waals surface area contributed by atoms with E-state index < -0.39 is 61.5 Å². The van der Waals surface area contributed by atoms with E-state index >= 15 is 0 Å². The quantitative estimate of drug-likeness (QED) is 0.500. The molecule has 24 heavy (non-hydrogen) atoms. The second-order valence-corrected chi connectivity index (χ2v) is 8.69. The zero-order valence-electron chi connectivity index (χ0n) is 11.2. The largest absolute Gasteiger partial charge is 0.387 e. The van der Waals surface area contributed by atoms with E-state index in [1.807, 2.05) is 0 Å². The molecule has 0 amide bonds. The van der Waals surface area contributed by atoms with Crippen LogP contribution in [0.25, 0.3) is 15.7 Å². The Morgan fingerprint density at radius 3 is 1.58 bits per heavy atom. The fourth-order valence-corrected chi connectivity index (χ4v) is 4.04. The first kappa shape index (κ1) is 18.2. The normalized spacial score (nSPS) is 12.9. The minimum atomic E-state index is -5.07. The Bertz CT molecular complexity index is 1220. The summed E-state index contributed by atoms with van der Waals surface area (Å²) < 4.78 is 95.8. The van der Waals surface area contributed by atoms with Crippen molar-refractivity contribution in [1.82, 2.24) is 0 Å². The second-order valence-electron chi connectivity index (χ2n) is 4.49. The fraction of sp³-hybridized carbons (Fsp3) is 0. The van der Waals surface area contributed by atoms with Crippen LogP contribution in [0.2, 0.25) is 0 Å². The van der Waals surface area contributed by atoms with E-state index in [0.29, 0.717) is 18.2 Å². The van der Waals surface area contributed by atoms with Gasteiger partial charge in [0, 0.05) is 16.8 Å². The Kier molecular flexibility index (Phi) is 4.13. The summed E-state index contributed by atoms with van der Waals surface area (Å²) >= 11 is 0. The number of benzene rings is 2. The molecule has 11 nitrogen and oxygen atoms in total. The smallest absolute Gasteiger partial charge is 0.282 e. The van der Waals surface area contributed by atoms with E-state index in [2.05, 4.69) is 4.98 Å². The van der Waals surface area contributed by atoms with Crippen molar-refractivity contribution in [3.8, 4) is 0 Å². The van der Waals surface area contributed by atoms with E-state index in [9.17, 15) is 34.4 Å². The molecule has 2 rings (SSSR count). The molecule has 3 N–H and O–H groups in total. The Morgan fingerprint density at radius 2 is 1.17 bits per heavy atom. The zero-order valence-corrected chi connectivity index (χ0v) is 13.7. The number of rotatable bonds is 3. The van der Waals surface area contributed by atoms with Crippen molar-refractivity contribution >= 4 is 46.8 Å².